The summed E-state index contributed by atoms with van der Waals surface area (Å²) in [6, 6.07) is 0. The van der Waals surface area contributed by atoms with E-state index in [0.29, 0.717) is 11.6 Å². The predicted octanol–water partition coefficient (Wildman–Crippen LogP) is 2.06. The predicted molar refractivity (Wildman–Crippen MR) is 102 cm³/mol. The largest absolute Gasteiger partial charge is 0.337 e. The molecule has 0 saturated carbocycles. The van der Waals surface area contributed by atoms with E-state index in [2.05, 4.69) is 34.4 Å². The van der Waals surface area contributed by atoms with E-state index >= 15 is 0 Å². The molecule has 2 aliphatic rings. The van der Waals surface area contributed by atoms with Crippen molar-refractivity contribution in [2.45, 2.75) is 45.6 Å². The molecule has 0 bridgehead atoms. The van der Waals surface area contributed by atoms with Gasteiger partial charge in [-0.2, -0.15) is 5.10 Å². The third-order valence-corrected chi connectivity index (χ3v) is 5.37. The number of H-pyrrole nitrogens is 1. The summed E-state index contributed by atoms with van der Waals surface area (Å²) >= 11 is 0. The van der Waals surface area contributed by atoms with E-state index < -0.39 is 0 Å². The van der Waals surface area contributed by atoms with Crippen molar-refractivity contribution in [3.63, 3.8) is 0 Å². The molecule has 0 aromatic carbocycles. The summed E-state index contributed by atoms with van der Waals surface area (Å²) in [5.41, 5.74) is 2.84. The molecule has 1 amide bonds. The van der Waals surface area contributed by atoms with Crippen molar-refractivity contribution in [2.24, 2.45) is 5.92 Å². The van der Waals surface area contributed by atoms with Crippen LogP contribution in [0.4, 0.5) is 0 Å². The van der Waals surface area contributed by atoms with Crippen LogP contribution in [0.1, 0.15) is 54.4 Å². The highest BCUT2D eigenvalue weighted by atomic mass is 35.5. The number of carbonyl (C=O) groups excluding carboxylic acids is 1. The Bertz CT molecular complexity index is 554. The van der Waals surface area contributed by atoms with Gasteiger partial charge >= 0.3 is 0 Å². The first-order valence-corrected chi connectivity index (χ1v) is 9.43. The lowest BCUT2D eigenvalue weighted by Crippen LogP contribution is -2.41. The molecule has 0 radical (unpaired) electrons. The van der Waals surface area contributed by atoms with Crippen LogP contribution in [0.5, 0.6) is 0 Å². The van der Waals surface area contributed by atoms with Crippen LogP contribution < -0.4 is 5.32 Å². The molecule has 0 unspecified atom stereocenters. The van der Waals surface area contributed by atoms with Gasteiger partial charge in [-0.15, -0.1) is 12.4 Å². The van der Waals surface area contributed by atoms with E-state index in [0.717, 1.165) is 63.2 Å². The zero-order valence-corrected chi connectivity index (χ0v) is 16.3. The van der Waals surface area contributed by atoms with Gasteiger partial charge in [0.05, 0.1) is 0 Å². The molecule has 3 heterocycles. The lowest BCUT2D eigenvalue weighted by atomic mass is 9.95. The normalized spacial score (nSPS) is 18.1. The van der Waals surface area contributed by atoms with Crippen molar-refractivity contribution in [2.75, 3.05) is 39.8 Å². The van der Waals surface area contributed by atoms with Gasteiger partial charge in [-0.3, -0.25) is 9.89 Å². The van der Waals surface area contributed by atoms with Crippen LogP contribution in [-0.4, -0.2) is 65.7 Å². The Morgan fingerprint density at radius 3 is 2.84 bits per heavy atom. The molecule has 25 heavy (non-hydrogen) atoms. The maximum Gasteiger partial charge on any atom is 0.274 e. The standard InChI is InChI=1S/C18H31N5O.ClH/c1-3-4-9-22(2)13-14-6-10-23(11-7-14)18(24)17-15-12-19-8-5-16(15)20-21-17;/h14,19H,3-13H2,1-2H3,(H,20,21);1H. The summed E-state index contributed by atoms with van der Waals surface area (Å²) < 4.78 is 0. The number of hydrogen-bond donors (Lipinski definition) is 2. The third-order valence-electron chi connectivity index (χ3n) is 5.37. The topological polar surface area (TPSA) is 64.3 Å². The Morgan fingerprint density at radius 1 is 1.36 bits per heavy atom. The molecular weight excluding hydrogens is 338 g/mol. The molecule has 2 aliphatic heterocycles. The first-order valence-electron chi connectivity index (χ1n) is 9.43. The van der Waals surface area contributed by atoms with E-state index in [1.54, 1.807) is 0 Å². The molecule has 0 spiro atoms. The molecule has 0 aliphatic carbocycles. The van der Waals surface area contributed by atoms with Crippen LogP contribution in [-0.2, 0) is 13.0 Å². The highest BCUT2D eigenvalue weighted by Crippen LogP contribution is 2.22. The second-order valence-electron chi connectivity index (χ2n) is 7.31. The summed E-state index contributed by atoms with van der Waals surface area (Å²) in [4.78, 5) is 17.2. The van der Waals surface area contributed by atoms with Crippen molar-refractivity contribution in [3.05, 3.63) is 17.0 Å². The summed E-state index contributed by atoms with van der Waals surface area (Å²) in [6.45, 7) is 8.01. The highest BCUT2D eigenvalue weighted by Gasteiger charge is 2.28. The molecule has 1 aromatic heterocycles. The average Bonchev–Trinajstić information content (AvgIpc) is 3.04. The number of nitrogens with one attached hydrogen (secondary N) is 2. The second-order valence-corrected chi connectivity index (χ2v) is 7.31. The number of fused-ring (bicyclic) bond motifs is 1. The van der Waals surface area contributed by atoms with Crippen LogP contribution in [0.25, 0.3) is 0 Å². The summed E-state index contributed by atoms with van der Waals surface area (Å²) in [5.74, 6) is 0.819. The molecule has 1 fully saturated rings. The minimum Gasteiger partial charge on any atom is -0.337 e. The molecule has 7 heteroatoms. The van der Waals surface area contributed by atoms with Crippen LogP contribution in [0, 0.1) is 5.92 Å². The van der Waals surface area contributed by atoms with Gasteiger partial charge in [0, 0.05) is 50.4 Å². The number of likely N-dealkylation sites (tertiary alicyclic amines) is 1. The third kappa shape index (κ3) is 4.96. The molecule has 6 nitrogen and oxygen atoms in total. The lowest BCUT2D eigenvalue weighted by molar-refractivity contribution is 0.0666. The van der Waals surface area contributed by atoms with E-state index in [-0.39, 0.29) is 18.3 Å². The van der Waals surface area contributed by atoms with Gasteiger partial charge in [0.2, 0.25) is 0 Å². The number of unbranched alkanes of at least 4 members (excludes halogenated alkanes) is 1. The molecule has 0 atom stereocenters. The number of hydrogen-bond acceptors (Lipinski definition) is 4. The number of amides is 1. The number of rotatable bonds is 6. The van der Waals surface area contributed by atoms with Gasteiger partial charge in [-0.1, -0.05) is 13.3 Å². The van der Waals surface area contributed by atoms with Gasteiger partial charge in [0.25, 0.3) is 5.91 Å². The molecule has 142 valence electrons. The minimum absolute atomic E-state index is 0. The first-order chi connectivity index (χ1) is 11.7. The second kappa shape index (κ2) is 9.55. The van der Waals surface area contributed by atoms with E-state index in [4.69, 9.17) is 0 Å². The average molecular weight is 370 g/mol. The Labute approximate surface area is 157 Å². The smallest absolute Gasteiger partial charge is 0.274 e. The fourth-order valence-corrected chi connectivity index (χ4v) is 3.83. The van der Waals surface area contributed by atoms with Crippen LogP contribution in [0.3, 0.4) is 0 Å². The van der Waals surface area contributed by atoms with Crippen LogP contribution in [0.15, 0.2) is 0 Å². The minimum atomic E-state index is 0. The van der Waals surface area contributed by atoms with E-state index in [9.17, 15) is 4.79 Å². The number of aromatic nitrogens is 2. The molecule has 1 saturated heterocycles. The molecule has 3 rings (SSSR count). The van der Waals surface area contributed by atoms with Crippen molar-refractivity contribution in [3.8, 4) is 0 Å². The SMILES string of the molecule is CCCCN(C)CC1CCN(C(=O)c2n[nH]c3c2CNCC3)CC1.Cl. The monoisotopic (exact) mass is 369 g/mol. The number of nitrogens with zero attached hydrogens (tertiary/aromatic N) is 3. The zero-order valence-electron chi connectivity index (χ0n) is 15.5. The van der Waals surface area contributed by atoms with Gasteiger partial charge in [-0.25, -0.2) is 0 Å². The summed E-state index contributed by atoms with van der Waals surface area (Å²) in [5, 5.41) is 10.7. The zero-order chi connectivity index (χ0) is 16.9. The van der Waals surface area contributed by atoms with Gasteiger partial charge in [-0.05, 0) is 38.8 Å². The van der Waals surface area contributed by atoms with Gasteiger partial charge in [0.15, 0.2) is 5.69 Å². The lowest BCUT2D eigenvalue weighted by Gasteiger charge is -2.33. The Morgan fingerprint density at radius 2 is 2.12 bits per heavy atom. The van der Waals surface area contributed by atoms with Crippen molar-refractivity contribution < 1.29 is 4.79 Å². The van der Waals surface area contributed by atoms with Crippen molar-refractivity contribution in [1.82, 2.24) is 25.3 Å². The van der Waals surface area contributed by atoms with Crippen LogP contribution in [0.2, 0.25) is 0 Å². The fourth-order valence-electron chi connectivity index (χ4n) is 3.83. The van der Waals surface area contributed by atoms with Crippen molar-refractivity contribution >= 4 is 18.3 Å². The first kappa shape index (κ1) is 20.2. The highest BCUT2D eigenvalue weighted by molar-refractivity contribution is 5.94. The van der Waals surface area contributed by atoms with E-state index in [1.165, 1.54) is 19.4 Å². The van der Waals surface area contributed by atoms with Gasteiger partial charge < -0.3 is 15.1 Å². The fraction of sp³-hybridized carbons (Fsp3) is 0.778. The number of halogens is 1. The molecular formula is C18H32ClN5O. The van der Waals surface area contributed by atoms with Crippen molar-refractivity contribution in [1.29, 1.82) is 0 Å². The summed E-state index contributed by atoms with van der Waals surface area (Å²) in [6.07, 6.45) is 5.66. The van der Waals surface area contributed by atoms with Gasteiger partial charge in [0.1, 0.15) is 0 Å². The quantitative estimate of drug-likeness (QED) is 0.805. The number of carbonyl (C=O) groups is 1. The van der Waals surface area contributed by atoms with Crippen LogP contribution >= 0.6 is 12.4 Å². The Hall–Kier alpha value is -1.11. The Kier molecular flexibility index (Phi) is 7.72. The van der Waals surface area contributed by atoms with E-state index in [1.807, 2.05) is 4.90 Å². The Balaban J connectivity index is 0.00000225. The number of aromatic amines is 1. The number of piperidine rings is 1. The molecule has 2 N–H and O–H groups in total. The summed E-state index contributed by atoms with van der Waals surface area (Å²) in [7, 11) is 2.22. The maximum atomic E-state index is 12.8. The maximum absolute atomic E-state index is 12.8. The molecule has 1 aromatic rings.